The van der Waals surface area contributed by atoms with E-state index in [9.17, 15) is 10.2 Å². The van der Waals surface area contributed by atoms with Crippen LogP contribution in [0.25, 0.3) is 0 Å². The van der Waals surface area contributed by atoms with Gasteiger partial charge in [0, 0.05) is 0 Å². The first kappa shape index (κ1) is 19.8. The number of aliphatic hydroxyl groups excluding tert-OH is 4. The molecule has 1 aliphatic rings. The first-order chi connectivity index (χ1) is 9.40. The highest BCUT2D eigenvalue weighted by atomic mass is 16.5. The van der Waals surface area contributed by atoms with Crippen LogP contribution in [-0.2, 0) is 9.47 Å². The van der Waals surface area contributed by atoms with E-state index in [0.717, 1.165) is 12.8 Å². The highest BCUT2D eigenvalue weighted by Gasteiger charge is 2.38. The quantitative estimate of drug-likeness (QED) is 0.553. The Balaban J connectivity index is 0.000000361. The van der Waals surface area contributed by atoms with Crippen LogP contribution >= 0.6 is 0 Å². The number of ether oxygens (including phenoxy) is 2. The molecule has 0 aromatic heterocycles. The fraction of sp³-hybridized carbons (Fsp3) is 1.00. The smallest absolute Gasteiger partial charge is 0.108 e. The molecule has 0 saturated carbocycles. The van der Waals surface area contributed by atoms with Crippen LogP contribution in [-0.4, -0.2) is 70.3 Å². The van der Waals surface area contributed by atoms with E-state index in [1.165, 1.54) is 0 Å². The summed E-state index contributed by atoms with van der Waals surface area (Å²) in [5, 5.41) is 35.7. The Hall–Kier alpha value is -0.240. The maximum absolute atomic E-state index is 9.25. The lowest BCUT2D eigenvalue weighted by molar-refractivity contribution is -0.0525. The van der Waals surface area contributed by atoms with Gasteiger partial charge in [0.15, 0.2) is 0 Å². The van der Waals surface area contributed by atoms with E-state index in [4.69, 9.17) is 19.7 Å². The summed E-state index contributed by atoms with van der Waals surface area (Å²) >= 11 is 0. The van der Waals surface area contributed by atoms with Gasteiger partial charge in [-0.25, -0.2) is 0 Å². The average Bonchev–Trinajstić information content (AvgIpc) is 2.72. The van der Waals surface area contributed by atoms with E-state index in [-0.39, 0.29) is 37.6 Å². The van der Waals surface area contributed by atoms with Crippen molar-refractivity contribution in [2.24, 2.45) is 0 Å². The van der Waals surface area contributed by atoms with E-state index in [1.54, 1.807) is 13.8 Å². The minimum Gasteiger partial charge on any atom is -0.394 e. The zero-order chi connectivity index (χ0) is 15.7. The van der Waals surface area contributed by atoms with E-state index in [2.05, 4.69) is 0 Å². The molecule has 1 heterocycles. The van der Waals surface area contributed by atoms with Crippen LogP contribution in [0.2, 0.25) is 0 Å². The van der Waals surface area contributed by atoms with Crippen LogP contribution < -0.4 is 0 Å². The Labute approximate surface area is 121 Å². The predicted molar refractivity (Wildman–Crippen MR) is 75.4 cm³/mol. The Kier molecular flexibility index (Phi) is 10.4. The molecular formula is C14H30O6. The van der Waals surface area contributed by atoms with Crippen LogP contribution in [0.4, 0.5) is 0 Å². The summed E-state index contributed by atoms with van der Waals surface area (Å²) in [4.78, 5) is 0. The Morgan fingerprint density at radius 3 is 1.95 bits per heavy atom. The van der Waals surface area contributed by atoms with Crippen LogP contribution in [0.1, 0.15) is 40.5 Å². The highest BCUT2D eigenvalue weighted by molar-refractivity contribution is 4.87. The van der Waals surface area contributed by atoms with Crippen molar-refractivity contribution < 1.29 is 29.9 Å². The molecule has 0 aliphatic carbocycles. The van der Waals surface area contributed by atoms with E-state index >= 15 is 0 Å². The molecule has 0 radical (unpaired) electrons. The van der Waals surface area contributed by atoms with Gasteiger partial charge < -0.3 is 29.9 Å². The lowest BCUT2D eigenvalue weighted by atomic mass is 10.1. The monoisotopic (exact) mass is 294 g/mol. The molecule has 1 unspecified atom stereocenters. The van der Waals surface area contributed by atoms with Gasteiger partial charge in [-0.3, -0.25) is 0 Å². The van der Waals surface area contributed by atoms with Gasteiger partial charge >= 0.3 is 0 Å². The maximum atomic E-state index is 9.25. The molecule has 1 saturated heterocycles. The van der Waals surface area contributed by atoms with Gasteiger partial charge in [0.05, 0.1) is 37.6 Å². The van der Waals surface area contributed by atoms with Gasteiger partial charge in [-0.1, -0.05) is 13.8 Å². The Morgan fingerprint density at radius 2 is 1.70 bits per heavy atom. The van der Waals surface area contributed by atoms with Crippen molar-refractivity contribution in [3.05, 3.63) is 0 Å². The van der Waals surface area contributed by atoms with Crippen molar-refractivity contribution in [3.8, 4) is 0 Å². The summed E-state index contributed by atoms with van der Waals surface area (Å²) in [6.07, 6.45) is -0.558. The topological polar surface area (TPSA) is 99.4 Å². The van der Waals surface area contributed by atoms with Crippen molar-refractivity contribution in [1.82, 2.24) is 0 Å². The second-order valence-electron chi connectivity index (χ2n) is 5.11. The van der Waals surface area contributed by atoms with Gasteiger partial charge in [0.2, 0.25) is 0 Å². The van der Waals surface area contributed by atoms with Gasteiger partial charge in [-0.15, -0.1) is 0 Å². The van der Waals surface area contributed by atoms with Gasteiger partial charge in [0.1, 0.15) is 12.2 Å². The third kappa shape index (κ3) is 6.47. The summed E-state index contributed by atoms with van der Waals surface area (Å²) in [6.45, 7) is 7.45. The molecule has 6 atom stereocenters. The standard InChI is InChI=1S/C7H14O3.C7H16O3/c1-3-5-7(9)6(8)4(2)10-5;1-3-7(5-9)10-6(2)4-8/h4-9H,3H2,1-2H3;6-9H,3-5H2,1-2H3/t4-,5+,6+,7?;6-,7+/m00/s1. The summed E-state index contributed by atoms with van der Waals surface area (Å²) in [5.41, 5.74) is 0. The average molecular weight is 294 g/mol. The highest BCUT2D eigenvalue weighted by Crippen LogP contribution is 2.22. The lowest BCUT2D eigenvalue weighted by Gasteiger charge is -2.17. The molecular weight excluding hydrogens is 264 g/mol. The van der Waals surface area contributed by atoms with Crippen LogP contribution in [0.5, 0.6) is 0 Å². The summed E-state index contributed by atoms with van der Waals surface area (Å²) in [5.74, 6) is 0. The van der Waals surface area contributed by atoms with E-state index < -0.39 is 12.2 Å². The minimum absolute atomic E-state index is 0.0104. The second-order valence-corrected chi connectivity index (χ2v) is 5.11. The normalized spacial score (nSPS) is 32.4. The van der Waals surface area contributed by atoms with Crippen molar-refractivity contribution in [2.45, 2.75) is 77.2 Å². The molecule has 0 aromatic rings. The van der Waals surface area contributed by atoms with E-state index in [1.807, 2.05) is 13.8 Å². The minimum atomic E-state index is -0.704. The molecule has 4 N–H and O–H groups in total. The van der Waals surface area contributed by atoms with Crippen LogP contribution in [0.3, 0.4) is 0 Å². The third-order valence-electron chi connectivity index (χ3n) is 3.34. The zero-order valence-corrected chi connectivity index (χ0v) is 12.9. The summed E-state index contributed by atoms with van der Waals surface area (Å²) in [7, 11) is 0. The molecule has 0 bridgehead atoms. The molecule has 0 aromatic carbocycles. The maximum Gasteiger partial charge on any atom is 0.108 e. The van der Waals surface area contributed by atoms with Crippen molar-refractivity contribution in [3.63, 3.8) is 0 Å². The molecule has 122 valence electrons. The molecule has 6 nitrogen and oxygen atoms in total. The van der Waals surface area contributed by atoms with Crippen molar-refractivity contribution in [2.75, 3.05) is 13.2 Å². The predicted octanol–water partition coefficient (Wildman–Crippen LogP) is 0.0602. The second kappa shape index (κ2) is 10.5. The molecule has 6 heteroatoms. The largest absolute Gasteiger partial charge is 0.394 e. The molecule has 20 heavy (non-hydrogen) atoms. The third-order valence-corrected chi connectivity index (χ3v) is 3.34. The van der Waals surface area contributed by atoms with Gasteiger partial charge in [-0.05, 0) is 26.7 Å². The number of aliphatic hydroxyl groups is 4. The fourth-order valence-corrected chi connectivity index (χ4v) is 1.91. The van der Waals surface area contributed by atoms with Crippen LogP contribution in [0.15, 0.2) is 0 Å². The number of hydrogen-bond donors (Lipinski definition) is 4. The van der Waals surface area contributed by atoms with E-state index in [0.29, 0.717) is 0 Å². The number of rotatable bonds is 6. The fourth-order valence-electron chi connectivity index (χ4n) is 1.91. The Morgan fingerprint density at radius 1 is 1.10 bits per heavy atom. The first-order valence-corrected chi connectivity index (χ1v) is 7.29. The first-order valence-electron chi connectivity index (χ1n) is 7.29. The summed E-state index contributed by atoms with van der Waals surface area (Å²) < 4.78 is 10.4. The summed E-state index contributed by atoms with van der Waals surface area (Å²) in [6, 6.07) is 0. The van der Waals surface area contributed by atoms with Crippen molar-refractivity contribution >= 4 is 0 Å². The zero-order valence-electron chi connectivity index (χ0n) is 12.9. The molecule has 0 spiro atoms. The Bertz CT molecular complexity index is 234. The van der Waals surface area contributed by atoms with Gasteiger partial charge in [-0.2, -0.15) is 0 Å². The van der Waals surface area contributed by atoms with Crippen LogP contribution in [0, 0.1) is 0 Å². The molecule has 0 amide bonds. The molecule has 1 fully saturated rings. The van der Waals surface area contributed by atoms with Crippen molar-refractivity contribution in [1.29, 1.82) is 0 Å². The lowest BCUT2D eigenvalue weighted by Crippen LogP contribution is -2.31. The SMILES string of the molecule is CC[C@H](CO)O[C@@H](C)CO.CC[C@H]1O[C@@H](C)[C@@H](O)C1O. The molecule has 1 rings (SSSR count). The number of hydrogen-bond acceptors (Lipinski definition) is 6. The molecule has 1 aliphatic heterocycles. The van der Waals surface area contributed by atoms with Gasteiger partial charge in [0.25, 0.3) is 0 Å².